The first-order chi connectivity index (χ1) is 10.9. The van der Waals surface area contributed by atoms with Crippen molar-refractivity contribution in [2.75, 3.05) is 26.2 Å². The Kier molecular flexibility index (Phi) is 4.62. The minimum absolute atomic E-state index is 0.151. The maximum atomic E-state index is 12.3. The maximum absolute atomic E-state index is 12.3. The van der Waals surface area contributed by atoms with Gasteiger partial charge in [-0.05, 0) is 51.1 Å². The highest BCUT2D eigenvalue weighted by Gasteiger charge is 2.40. The van der Waals surface area contributed by atoms with E-state index in [-0.39, 0.29) is 6.09 Å². The highest BCUT2D eigenvalue weighted by molar-refractivity contribution is 5.68. The topological polar surface area (TPSA) is 32.8 Å². The molecule has 0 unspecified atom stereocenters. The second-order valence-corrected chi connectivity index (χ2v) is 7.91. The number of nitrogens with zero attached hydrogens (tertiary/aromatic N) is 2. The van der Waals surface area contributed by atoms with Crippen molar-refractivity contribution in [2.45, 2.75) is 39.3 Å². The molecule has 4 heteroatoms. The first-order valence-electron chi connectivity index (χ1n) is 8.65. The minimum atomic E-state index is -0.413. The zero-order chi connectivity index (χ0) is 16.4. The third-order valence-electron chi connectivity index (χ3n) is 4.79. The molecule has 0 aliphatic carbocycles. The smallest absolute Gasteiger partial charge is 0.410 e. The van der Waals surface area contributed by atoms with Gasteiger partial charge < -0.3 is 9.64 Å². The van der Waals surface area contributed by atoms with Crippen LogP contribution < -0.4 is 0 Å². The second kappa shape index (κ2) is 6.52. The van der Waals surface area contributed by atoms with E-state index in [0.29, 0.717) is 11.8 Å². The summed E-state index contributed by atoms with van der Waals surface area (Å²) in [6.07, 6.45) is 1.03. The molecule has 3 rings (SSSR count). The predicted molar refractivity (Wildman–Crippen MR) is 91.1 cm³/mol. The van der Waals surface area contributed by atoms with Crippen LogP contribution in [0.1, 0.15) is 32.8 Å². The van der Waals surface area contributed by atoms with Gasteiger partial charge in [-0.25, -0.2) is 4.79 Å². The number of amides is 1. The Hall–Kier alpha value is -1.55. The summed E-state index contributed by atoms with van der Waals surface area (Å²) in [7, 11) is 0. The van der Waals surface area contributed by atoms with Crippen LogP contribution in [0.2, 0.25) is 0 Å². The number of likely N-dealkylation sites (tertiary alicyclic amines) is 2. The minimum Gasteiger partial charge on any atom is -0.444 e. The molecule has 1 amide bonds. The second-order valence-electron chi connectivity index (χ2n) is 7.91. The van der Waals surface area contributed by atoms with Gasteiger partial charge in [0, 0.05) is 26.2 Å². The largest absolute Gasteiger partial charge is 0.444 e. The standard InChI is InChI=1S/C19H28N2O2/c1-19(2,3)23-18(22)21-13-16-9-10-20(12-17(16)14-21)11-15-7-5-4-6-8-15/h4-8,16-17H,9-14H2,1-3H3/t16-,17+/m0/s1. The SMILES string of the molecule is CC(C)(C)OC(=O)N1C[C@H]2CN(Cc3ccccc3)CC[C@H]2C1. The number of fused-ring (bicyclic) bond motifs is 1. The lowest BCUT2D eigenvalue weighted by atomic mass is 9.88. The molecule has 2 atom stereocenters. The Morgan fingerprint density at radius 3 is 2.52 bits per heavy atom. The number of benzene rings is 1. The quantitative estimate of drug-likeness (QED) is 0.838. The summed E-state index contributed by atoms with van der Waals surface area (Å²) >= 11 is 0. The molecule has 0 aromatic heterocycles. The van der Waals surface area contributed by atoms with E-state index in [1.54, 1.807) is 0 Å². The number of carbonyl (C=O) groups is 1. The molecule has 1 aromatic carbocycles. The molecule has 2 heterocycles. The van der Waals surface area contributed by atoms with E-state index >= 15 is 0 Å². The molecule has 0 N–H and O–H groups in total. The Balaban J connectivity index is 1.54. The molecular weight excluding hydrogens is 288 g/mol. The van der Waals surface area contributed by atoms with Gasteiger partial charge >= 0.3 is 6.09 Å². The van der Waals surface area contributed by atoms with Crippen LogP contribution in [-0.2, 0) is 11.3 Å². The summed E-state index contributed by atoms with van der Waals surface area (Å²) in [5.41, 5.74) is 0.956. The fourth-order valence-corrected chi connectivity index (χ4v) is 3.70. The van der Waals surface area contributed by atoms with Crippen LogP contribution in [0.25, 0.3) is 0 Å². The van der Waals surface area contributed by atoms with Crippen LogP contribution in [0.3, 0.4) is 0 Å². The van der Waals surface area contributed by atoms with Gasteiger partial charge in [0.05, 0.1) is 0 Å². The Morgan fingerprint density at radius 2 is 1.83 bits per heavy atom. The Morgan fingerprint density at radius 1 is 1.13 bits per heavy atom. The summed E-state index contributed by atoms with van der Waals surface area (Å²) in [6, 6.07) is 10.6. The first-order valence-corrected chi connectivity index (χ1v) is 8.65. The number of piperidine rings is 1. The molecule has 0 saturated carbocycles. The average molecular weight is 316 g/mol. The molecular formula is C19H28N2O2. The van der Waals surface area contributed by atoms with E-state index in [1.165, 1.54) is 12.0 Å². The first kappa shape index (κ1) is 16.3. The van der Waals surface area contributed by atoms with Gasteiger partial charge in [0.15, 0.2) is 0 Å². The van der Waals surface area contributed by atoms with Crippen molar-refractivity contribution in [1.29, 1.82) is 0 Å². The van der Waals surface area contributed by atoms with Crippen molar-refractivity contribution >= 4 is 6.09 Å². The maximum Gasteiger partial charge on any atom is 0.410 e. The number of hydrogen-bond acceptors (Lipinski definition) is 3. The average Bonchev–Trinajstić information content (AvgIpc) is 2.90. The fraction of sp³-hybridized carbons (Fsp3) is 0.632. The lowest BCUT2D eigenvalue weighted by Gasteiger charge is -2.34. The third kappa shape index (κ3) is 4.25. The predicted octanol–water partition coefficient (Wildman–Crippen LogP) is 3.38. The lowest BCUT2D eigenvalue weighted by molar-refractivity contribution is 0.0284. The van der Waals surface area contributed by atoms with Crippen molar-refractivity contribution in [3.8, 4) is 0 Å². The van der Waals surface area contributed by atoms with E-state index in [2.05, 4.69) is 35.2 Å². The highest BCUT2D eigenvalue weighted by atomic mass is 16.6. The zero-order valence-corrected chi connectivity index (χ0v) is 14.5. The Bertz CT molecular complexity index is 538. The van der Waals surface area contributed by atoms with Crippen LogP contribution in [-0.4, -0.2) is 47.7 Å². The van der Waals surface area contributed by atoms with Crippen LogP contribution in [0.4, 0.5) is 4.79 Å². The molecule has 126 valence electrons. The van der Waals surface area contributed by atoms with Gasteiger partial charge in [0.1, 0.15) is 5.60 Å². The summed E-state index contributed by atoms with van der Waals surface area (Å²) in [4.78, 5) is 16.7. The van der Waals surface area contributed by atoms with Crippen LogP contribution in [0, 0.1) is 11.8 Å². The van der Waals surface area contributed by atoms with E-state index in [0.717, 1.165) is 32.7 Å². The van der Waals surface area contributed by atoms with Gasteiger partial charge in [0.25, 0.3) is 0 Å². The van der Waals surface area contributed by atoms with Crippen LogP contribution in [0.5, 0.6) is 0 Å². The van der Waals surface area contributed by atoms with Gasteiger partial charge in [-0.1, -0.05) is 30.3 Å². The zero-order valence-electron chi connectivity index (χ0n) is 14.5. The van der Waals surface area contributed by atoms with Gasteiger partial charge in [-0.3, -0.25) is 4.90 Å². The summed E-state index contributed by atoms with van der Waals surface area (Å²) in [6.45, 7) is 10.7. The molecule has 1 aromatic rings. The molecule has 4 nitrogen and oxygen atoms in total. The number of hydrogen-bond donors (Lipinski definition) is 0. The molecule has 0 radical (unpaired) electrons. The fourth-order valence-electron chi connectivity index (χ4n) is 3.70. The lowest BCUT2D eigenvalue weighted by Crippen LogP contribution is -2.39. The summed E-state index contributed by atoms with van der Waals surface area (Å²) < 4.78 is 5.52. The van der Waals surface area contributed by atoms with Gasteiger partial charge in [-0.2, -0.15) is 0 Å². The third-order valence-corrected chi connectivity index (χ3v) is 4.79. The van der Waals surface area contributed by atoms with Crippen LogP contribution >= 0.6 is 0 Å². The number of ether oxygens (including phenoxy) is 1. The number of rotatable bonds is 2. The molecule has 23 heavy (non-hydrogen) atoms. The van der Waals surface area contributed by atoms with Gasteiger partial charge in [-0.15, -0.1) is 0 Å². The normalized spacial score (nSPS) is 25.3. The number of carbonyl (C=O) groups excluding carboxylic acids is 1. The monoisotopic (exact) mass is 316 g/mol. The van der Waals surface area contributed by atoms with Crippen molar-refractivity contribution < 1.29 is 9.53 Å². The van der Waals surface area contributed by atoms with Crippen molar-refractivity contribution in [3.05, 3.63) is 35.9 Å². The van der Waals surface area contributed by atoms with Crippen molar-refractivity contribution in [3.63, 3.8) is 0 Å². The molecule has 2 saturated heterocycles. The van der Waals surface area contributed by atoms with Crippen molar-refractivity contribution in [1.82, 2.24) is 9.80 Å². The van der Waals surface area contributed by atoms with Gasteiger partial charge in [0.2, 0.25) is 0 Å². The summed E-state index contributed by atoms with van der Waals surface area (Å²) in [5, 5.41) is 0. The van der Waals surface area contributed by atoms with Crippen LogP contribution in [0.15, 0.2) is 30.3 Å². The van der Waals surface area contributed by atoms with E-state index in [9.17, 15) is 4.79 Å². The van der Waals surface area contributed by atoms with Crippen molar-refractivity contribution in [2.24, 2.45) is 11.8 Å². The molecule has 2 fully saturated rings. The molecule has 2 aliphatic heterocycles. The highest BCUT2D eigenvalue weighted by Crippen LogP contribution is 2.32. The Labute approximate surface area is 139 Å². The van der Waals surface area contributed by atoms with E-state index < -0.39 is 5.60 Å². The molecule has 0 bridgehead atoms. The molecule has 0 spiro atoms. The van der Waals surface area contributed by atoms with E-state index in [1.807, 2.05) is 25.7 Å². The van der Waals surface area contributed by atoms with E-state index in [4.69, 9.17) is 4.74 Å². The molecule has 2 aliphatic rings. The summed E-state index contributed by atoms with van der Waals surface area (Å²) in [5.74, 6) is 1.22.